The van der Waals surface area contributed by atoms with Crippen LogP contribution < -0.4 is 9.44 Å². The molecule has 1 atom stereocenters. The van der Waals surface area contributed by atoms with E-state index < -0.39 is 41.4 Å². The molecule has 0 aliphatic rings. The van der Waals surface area contributed by atoms with Gasteiger partial charge in [-0.05, 0) is 11.8 Å². The lowest BCUT2D eigenvalue weighted by Gasteiger charge is -2.23. The van der Waals surface area contributed by atoms with Gasteiger partial charge in [0.2, 0.25) is 0 Å². The Balaban J connectivity index is 4.51. The molecule has 0 fully saturated rings. The zero-order valence-corrected chi connectivity index (χ0v) is 12.2. The number of carboxylic acids is 1. The van der Waals surface area contributed by atoms with E-state index in [1.165, 1.54) is 4.72 Å². The van der Waals surface area contributed by atoms with Crippen LogP contribution in [0.15, 0.2) is 0 Å². The normalized spacial score (nSPS) is 15.1. The van der Waals surface area contributed by atoms with Crippen LogP contribution in [0.25, 0.3) is 0 Å². The van der Waals surface area contributed by atoms with Gasteiger partial charge in [-0.1, -0.05) is 20.8 Å². The molecule has 0 aromatic carbocycles. The minimum atomic E-state index is -4.67. The van der Waals surface area contributed by atoms with Gasteiger partial charge in [-0.25, -0.2) is 4.72 Å². The fraction of sp³-hybridized carbons (Fsp3) is 0.900. The number of carbonyl (C=O) groups is 1. The third kappa shape index (κ3) is 9.98. The molecule has 0 aliphatic heterocycles. The highest BCUT2D eigenvalue weighted by Crippen LogP contribution is 2.24. The number of halogens is 3. The highest BCUT2D eigenvalue weighted by molar-refractivity contribution is 7.87. The molecular formula is C10H19F3N2O4S. The summed E-state index contributed by atoms with van der Waals surface area (Å²) in [4.78, 5) is 11.0. The van der Waals surface area contributed by atoms with Gasteiger partial charge in [-0.2, -0.15) is 26.3 Å². The van der Waals surface area contributed by atoms with Crippen molar-refractivity contribution in [3.63, 3.8) is 0 Å². The average Bonchev–Trinajstić information content (AvgIpc) is 2.19. The third-order valence-electron chi connectivity index (χ3n) is 2.19. The second kappa shape index (κ2) is 6.72. The number of nitrogens with one attached hydrogen (secondary N) is 2. The van der Waals surface area contributed by atoms with Gasteiger partial charge in [-0.3, -0.25) is 4.79 Å². The van der Waals surface area contributed by atoms with Crippen LogP contribution in [-0.4, -0.2) is 38.8 Å². The van der Waals surface area contributed by atoms with Crippen molar-refractivity contribution in [3.05, 3.63) is 0 Å². The topological polar surface area (TPSA) is 95.5 Å². The van der Waals surface area contributed by atoms with Crippen LogP contribution in [0.1, 0.15) is 27.2 Å². The molecule has 0 saturated carbocycles. The lowest BCUT2D eigenvalue weighted by atomic mass is 9.85. The Kier molecular flexibility index (Phi) is 6.43. The van der Waals surface area contributed by atoms with Crippen molar-refractivity contribution in [1.82, 2.24) is 9.44 Å². The lowest BCUT2D eigenvalue weighted by molar-refractivity contribution is -0.142. The summed E-state index contributed by atoms with van der Waals surface area (Å²) in [6.45, 7) is 3.15. The summed E-state index contributed by atoms with van der Waals surface area (Å²) in [7, 11) is -4.38. The monoisotopic (exact) mass is 320 g/mol. The fourth-order valence-corrected chi connectivity index (χ4v) is 2.30. The van der Waals surface area contributed by atoms with Crippen molar-refractivity contribution in [1.29, 1.82) is 0 Å². The third-order valence-corrected chi connectivity index (χ3v) is 3.26. The predicted octanol–water partition coefficient (Wildman–Crippen LogP) is 1.11. The van der Waals surface area contributed by atoms with Crippen molar-refractivity contribution >= 4 is 16.2 Å². The summed E-state index contributed by atoms with van der Waals surface area (Å²) in [6.07, 6.45) is -4.49. The predicted molar refractivity (Wildman–Crippen MR) is 66.2 cm³/mol. The van der Waals surface area contributed by atoms with Crippen molar-refractivity contribution in [3.8, 4) is 0 Å². The Hall–Kier alpha value is -0.870. The first-order valence-electron chi connectivity index (χ1n) is 5.76. The number of carboxylic acid groups (broad SMARTS) is 1. The molecule has 0 saturated heterocycles. The van der Waals surface area contributed by atoms with Gasteiger partial charge in [0.1, 0.15) is 6.54 Å². The number of alkyl halides is 3. The minimum absolute atomic E-state index is 0.185. The van der Waals surface area contributed by atoms with Gasteiger partial charge in [0.15, 0.2) is 0 Å². The van der Waals surface area contributed by atoms with E-state index in [9.17, 15) is 26.4 Å². The lowest BCUT2D eigenvalue weighted by Crippen LogP contribution is -2.44. The highest BCUT2D eigenvalue weighted by atomic mass is 32.2. The first-order chi connectivity index (χ1) is 8.72. The van der Waals surface area contributed by atoms with Crippen LogP contribution in [0.2, 0.25) is 0 Å². The molecular weight excluding hydrogens is 301 g/mol. The number of aliphatic carboxylic acids is 1. The van der Waals surface area contributed by atoms with Crippen molar-refractivity contribution in [2.75, 3.05) is 13.1 Å². The number of hydrogen-bond acceptors (Lipinski definition) is 3. The van der Waals surface area contributed by atoms with E-state index >= 15 is 0 Å². The van der Waals surface area contributed by atoms with Crippen LogP contribution >= 0.6 is 0 Å². The van der Waals surface area contributed by atoms with Gasteiger partial charge in [0.25, 0.3) is 10.2 Å². The molecule has 0 bridgehead atoms. The van der Waals surface area contributed by atoms with Crippen LogP contribution in [0, 0.1) is 11.3 Å². The van der Waals surface area contributed by atoms with E-state index in [2.05, 4.69) is 0 Å². The second-order valence-corrected chi connectivity index (χ2v) is 7.17. The molecule has 0 radical (unpaired) electrons. The Morgan fingerprint density at radius 2 is 1.70 bits per heavy atom. The van der Waals surface area contributed by atoms with Crippen LogP contribution in [-0.2, 0) is 15.0 Å². The van der Waals surface area contributed by atoms with E-state index in [1.54, 1.807) is 20.8 Å². The van der Waals surface area contributed by atoms with E-state index in [0.717, 1.165) is 0 Å². The summed E-state index contributed by atoms with van der Waals surface area (Å²) in [6, 6.07) is 0. The maximum absolute atomic E-state index is 11.9. The van der Waals surface area contributed by atoms with Gasteiger partial charge < -0.3 is 5.11 Å². The Labute approximate surface area is 115 Å². The summed E-state index contributed by atoms with van der Waals surface area (Å²) in [5.41, 5.74) is -0.353. The molecule has 0 aromatic rings. The van der Waals surface area contributed by atoms with E-state index in [4.69, 9.17) is 5.11 Å². The van der Waals surface area contributed by atoms with Gasteiger partial charge >= 0.3 is 12.1 Å². The molecule has 0 rings (SSSR count). The van der Waals surface area contributed by atoms with Crippen LogP contribution in [0.3, 0.4) is 0 Å². The molecule has 10 heteroatoms. The zero-order valence-electron chi connectivity index (χ0n) is 11.4. The summed E-state index contributed by atoms with van der Waals surface area (Å²) < 4.78 is 61.3. The highest BCUT2D eigenvalue weighted by Gasteiger charge is 2.30. The molecule has 3 N–H and O–H groups in total. The van der Waals surface area contributed by atoms with Gasteiger partial charge in [0.05, 0.1) is 5.92 Å². The Bertz CT molecular complexity index is 429. The molecule has 6 nitrogen and oxygen atoms in total. The van der Waals surface area contributed by atoms with Crippen LogP contribution in [0.5, 0.6) is 0 Å². The first-order valence-corrected chi connectivity index (χ1v) is 7.24. The SMILES string of the molecule is CC(C)(C)CC(CNS(=O)(=O)NCC(F)(F)F)C(=O)O. The number of hydrogen-bond donors (Lipinski definition) is 3. The van der Waals surface area contributed by atoms with Crippen LogP contribution in [0.4, 0.5) is 13.2 Å². The average molecular weight is 320 g/mol. The molecule has 120 valence electrons. The molecule has 0 amide bonds. The van der Waals surface area contributed by atoms with Gasteiger partial charge in [-0.15, -0.1) is 0 Å². The maximum Gasteiger partial charge on any atom is 0.402 e. The minimum Gasteiger partial charge on any atom is -0.481 e. The largest absolute Gasteiger partial charge is 0.481 e. The van der Waals surface area contributed by atoms with Gasteiger partial charge in [0, 0.05) is 6.54 Å². The summed E-state index contributed by atoms with van der Waals surface area (Å²) >= 11 is 0. The summed E-state index contributed by atoms with van der Waals surface area (Å²) in [5.74, 6) is -2.23. The number of rotatable bonds is 7. The fourth-order valence-electron chi connectivity index (χ4n) is 1.42. The molecule has 0 heterocycles. The first kappa shape index (κ1) is 19.1. The quantitative estimate of drug-likeness (QED) is 0.655. The Morgan fingerprint density at radius 3 is 2.05 bits per heavy atom. The van der Waals surface area contributed by atoms with E-state index in [1.807, 2.05) is 4.72 Å². The smallest absolute Gasteiger partial charge is 0.402 e. The summed E-state index contributed by atoms with van der Waals surface area (Å²) in [5, 5.41) is 8.96. The van der Waals surface area contributed by atoms with Crippen molar-refractivity contribution < 1.29 is 31.5 Å². The molecule has 0 aromatic heterocycles. The molecule has 0 spiro atoms. The van der Waals surface area contributed by atoms with Crippen molar-refractivity contribution in [2.45, 2.75) is 33.4 Å². The van der Waals surface area contributed by atoms with E-state index in [0.29, 0.717) is 0 Å². The maximum atomic E-state index is 11.9. The zero-order chi connectivity index (χ0) is 16.2. The van der Waals surface area contributed by atoms with E-state index in [-0.39, 0.29) is 11.8 Å². The second-order valence-electron chi connectivity index (χ2n) is 5.59. The Morgan fingerprint density at radius 1 is 1.20 bits per heavy atom. The molecule has 20 heavy (non-hydrogen) atoms. The molecule has 1 unspecified atom stereocenters. The van der Waals surface area contributed by atoms with Crippen molar-refractivity contribution in [2.24, 2.45) is 11.3 Å². The standard InChI is InChI=1S/C10H19F3N2O4S/c1-9(2,3)4-7(8(16)17)5-14-20(18,19)15-6-10(11,12)13/h7,14-15H,4-6H2,1-3H3,(H,16,17). The molecule has 0 aliphatic carbocycles.